The molecule has 5 nitrogen and oxygen atoms in total. The van der Waals surface area contributed by atoms with E-state index in [0.717, 1.165) is 19.3 Å². The zero-order chi connectivity index (χ0) is 14.5. The van der Waals surface area contributed by atoms with E-state index in [1.54, 1.807) is 4.31 Å². The molecule has 2 N–H and O–H groups in total. The third-order valence-corrected chi connectivity index (χ3v) is 5.30. The first-order valence-electron chi connectivity index (χ1n) is 6.77. The molecule has 0 spiro atoms. The number of aromatic amines is 1. The highest BCUT2D eigenvalue weighted by Gasteiger charge is 2.28. The number of rotatable bonds is 8. The van der Waals surface area contributed by atoms with Crippen LogP contribution < -0.4 is 0 Å². The Morgan fingerprint density at radius 2 is 2.11 bits per heavy atom. The summed E-state index contributed by atoms with van der Waals surface area (Å²) in [4.78, 5) is 3.00. The van der Waals surface area contributed by atoms with Gasteiger partial charge in [-0.15, -0.1) is 0 Å². The van der Waals surface area contributed by atoms with Gasteiger partial charge in [0.15, 0.2) is 0 Å². The molecule has 1 rings (SSSR count). The van der Waals surface area contributed by atoms with Crippen LogP contribution in [0.4, 0.5) is 0 Å². The molecule has 0 saturated heterocycles. The monoisotopic (exact) mass is 288 g/mol. The minimum Gasteiger partial charge on any atom is -0.390 e. The Morgan fingerprint density at radius 3 is 2.58 bits per heavy atom. The van der Waals surface area contributed by atoms with E-state index < -0.39 is 10.0 Å². The van der Waals surface area contributed by atoms with Crippen molar-refractivity contribution in [3.63, 3.8) is 0 Å². The van der Waals surface area contributed by atoms with Crippen molar-refractivity contribution in [3.8, 4) is 0 Å². The lowest BCUT2D eigenvalue weighted by molar-refractivity contribution is 0.277. The highest BCUT2D eigenvalue weighted by atomic mass is 32.2. The predicted octanol–water partition coefficient (Wildman–Crippen LogP) is 2.10. The summed E-state index contributed by atoms with van der Waals surface area (Å²) in [6.45, 7) is 6.30. The van der Waals surface area contributed by atoms with E-state index in [9.17, 15) is 8.42 Å². The Hall–Kier alpha value is -0.850. The van der Waals surface area contributed by atoms with Crippen LogP contribution in [0.3, 0.4) is 0 Å². The number of sulfonamides is 1. The second-order valence-corrected chi connectivity index (χ2v) is 6.64. The van der Waals surface area contributed by atoms with Crippen LogP contribution in [0.5, 0.6) is 0 Å². The number of H-pyrrole nitrogens is 1. The van der Waals surface area contributed by atoms with Crippen LogP contribution in [0, 0.1) is 0 Å². The van der Waals surface area contributed by atoms with Crippen molar-refractivity contribution >= 4 is 10.0 Å². The molecule has 1 aromatic heterocycles. The van der Waals surface area contributed by atoms with Crippen molar-refractivity contribution in [3.05, 3.63) is 18.0 Å². The molecule has 0 radical (unpaired) electrons. The number of hydrogen-bond acceptors (Lipinski definition) is 3. The Balaban J connectivity index is 3.04. The first kappa shape index (κ1) is 16.2. The quantitative estimate of drug-likeness (QED) is 0.769. The molecule has 0 aliphatic heterocycles. The minimum atomic E-state index is -3.48. The van der Waals surface area contributed by atoms with Gasteiger partial charge in [-0.3, -0.25) is 0 Å². The van der Waals surface area contributed by atoms with E-state index in [-0.39, 0.29) is 17.5 Å². The average molecular weight is 288 g/mol. The van der Waals surface area contributed by atoms with Gasteiger partial charge in [0.25, 0.3) is 0 Å². The van der Waals surface area contributed by atoms with Crippen molar-refractivity contribution < 1.29 is 13.5 Å². The van der Waals surface area contributed by atoms with E-state index in [2.05, 4.69) is 4.98 Å². The summed E-state index contributed by atoms with van der Waals surface area (Å²) < 4.78 is 26.7. The molecule has 0 fully saturated rings. The zero-order valence-electron chi connectivity index (χ0n) is 11.9. The van der Waals surface area contributed by atoms with E-state index >= 15 is 0 Å². The van der Waals surface area contributed by atoms with Crippen molar-refractivity contribution in [1.29, 1.82) is 0 Å². The van der Waals surface area contributed by atoms with Crippen molar-refractivity contribution in [2.45, 2.75) is 57.6 Å². The van der Waals surface area contributed by atoms with E-state index in [1.807, 2.05) is 20.8 Å². The SMILES string of the molecule is CCCCN(C(C)CC)S(=O)(=O)c1c[nH]c(CO)c1. The molecule has 0 aliphatic rings. The number of aliphatic hydroxyl groups excluding tert-OH is 1. The van der Waals surface area contributed by atoms with Gasteiger partial charge in [0, 0.05) is 24.5 Å². The van der Waals surface area contributed by atoms with Gasteiger partial charge >= 0.3 is 0 Å². The molecule has 1 aromatic rings. The molecule has 6 heteroatoms. The smallest absolute Gasteiger partial charge is 0.244 e. The van der Waals surface area contributed by atoms with Crippen molar-refractivity contribution in [2.24, 2.45) is 0 Å². The van der Waals surface area contributed by atoms with Gasteiger partial charge in [-0.2, -0.15) is 4.31 Å². The first-order valence-corrected chi connectivity index (χ1v) is 8.21. The van der Waals surface area contributed by atoms with Gasteiger partial charge in [0.2, 0.25) is 10.0 Å². The first-order chi connectivity index (χ1) is 8.97. The molecule has 1 atom stereocenters. The zero-order valence-corrected chi connectivity index (χ0v) is 12.7. The standard InChI is InChI=1S/C13H24N2O3S/c1-4-6-7-15(11(3)5-2)19(17,18)13-8-12(10-16)14-9-13/h8-9,11,14,16H,4-7,10H2,1-3H3. The fraction of sp³-hybridized carbons (Fsp3) is 0.692. The maximum absolute atomic E-state index is 12.6. The van der Waals surface area contributed by atoms with Crippen LogP contribution >= 0.6 is 0 Å². The number of nitrogens with zero attached hydrogens (tertiary/aromatic N) is 1. The molecular formula is C13H24N2O3S. The number of aliphatic hydroxyl groups is 1. The maximum Gasteiger partial charge on any atom is 0.244 e. The molecule has 0 bridgehead atoms. The Kier molecular flexibility index (Phi) is 6.03. The molecule has 1 heterocycles. The van der Waals surface area contributed by atoms with Gasteiger partial charge in [-0.25, -0.2) is 8.42 Å². The van der Waals surface area contributed by atoms with Crippen LogP contribution in [0.15, 0.2) is 17.2 Å². The van der Waals surface area contributed by atoms with Gasteiger partial charge < -0.3 is 10.1 Å². The number of unbranched alkanes of at least 4 members (excludes halogenated alkanes) is 1. The summed E-state index contributed by atoms with van der Waals surface area (Å²) in [5.41, 5.74) is 0.512. The van der Waals surface area contributed by atoms with Crippen LogP contribution in [0.25, 0.3) is 0 Å². The number of aromatic nitrogens is 1. The summed E-state index contributed by atoms with van der Waals surface area (Å²) in [5.74, 6) is 0. The normalized spacial score (nSPS) is 13.9. The highest BCUT2D eigenvalue weighted by Crippen LogP contribution is 2.21. The maximum atomic E-state index is 12.6. The van der Waals surface area contributed by atoms with E-state index in [0.29, 0.717) is 12.2 Å². The van der Waals surface area contributed by atoms with E-state index in [1.165, 1.54) is 12.3 Å². The Labute approximate surface area is 115 Å². The van der Waals surface area contributed by atoms with Gasteiger partial charge in [0.1, 0.15) is 0 Å². The lowest BCUT2D eigenvalue weighted by Gasteiger charge is -2.27. The fourth-order valence-corrected chi connectivity index (χ4v) is 3.65. The average Bonchev–Trinajstić information content (AvgIpc) is 2.88. The molecule has 0 amide bonds. The third-order valence-electron chi connectivity index (χ3n) is 3.31. The molecular weight excluding hydrogens is 264 g/mol. The van der Waals surface area contributed by atoms with Crippen LogP contribution in [-0.4, -0.2) is 35.4 Å². The molecule has 0 saturated carbocycles. The lowest BCUT2D eigenvalue weighted by Crippen LogP contribution is -2.38. The Morgan fingerprint density at radius 1 is 1.42 bits per heavy atom. The fourth-order valence-electron chi connectivity index (χ4n) is 1.89. The van der Waals surface area contributed by atoms with Gasteiger partial charge in [-0.05, 0) is 25.8 Å². The third kappa shape index (κ3) is 3.81. The van der Waals surface area contributed by atoms with Gasteiger partial charge in [-0.1, -0.05) is 20.3 Å². The van der Waals surface area contributed by atoms with Crippen LogP contribution in [-0.2, 0) is 16.6 Å². The van der Waals surface area contributed by atoms with Crippen LogP contribution in [0.1, 0.15) is 45.7 Å². The van der Waals surface area contributed by atoms with Crippen molar-refractivity contribution in [2.75, 3.05) is 6.54 Å². The highest BCUT2D eigenvalue weighted by molar-refractivity contribution is 7.89. The molecule has 0 aromatic carbocycles. The summed E-state index contributed by atoms with van der Waals surface area (Å²) in [6.07, 6.45) is 4.03. The lowest BCUT2D eigenvalue weighted by atomic mass is 10.2. The summed E-state index contributed by atoms with van der Waals surface area (Å²) >= 11 is 0. The van der Waals surface area contributed by atoms with E-state index in [4.69, 9.17) is 5.11 Å². The van der Waals surface area contributed by atoms with Crippen molar-refractivity contribution in [1.82, 2.24) is 9.29 Å². The summed E-state index contributed by atoms with van der Waals surface area (Å²) in [5, 5.41) is 9.01. The molecule has 0 aliphatic carbocycles. The topological polar surface area (TPSA) is 73.4 Å². The predicted molar refractivity (Wildman–Crippen MR) is 75.3 cm³/mol. The van der Waals surface area contributed by atoms with Gasteiger partial charge in [0.05, 0.1) is 11.5 Å². The molecule has 110 valence electrons. The number of nitrogens with one attached hydrogen (secondary N) is 1. The molecule has 19 heavy (non-hydrogen) atoms. The largest absolute Gasteiger partial charge is 0.390 e. The molecule has 1 unspecified atom stereocenters. The summed E-state index contributed by atoms with van der Waals surface area (Å²) in [7, 11) is -3.48. The second kappa shape index (κ2) is 7.07. The number of hydrogen-bond donors (Lipinski definition) is 2. The Bertz CT molecular complexity index is 482. The minimum absolute atomic E-state index is 0.0240. The summed E-state index contributed by atoms with van der Waals surface area (Å²) in [6, 6.07) is 1.47. The second-order valence-electron chi connectivity index (χ2n) is 4.75. The van der Waals surface area contributed by atoms with Crippen LogP contribution in [0.2, 0.25) is 0 Å².